The Bertz CT molecular complexity index is 674. The summed E-state index contributed by atoms with van der Waals surface area (Å²) >= 11 is 0. The Hall–Kier alpha value is -2.54. The van der Waals surface area contributed by atoms with Crippen molar-refractivity contribution < 1.29 is 28.6 Å². The van der Waals surface area contributed by atoms with Crippen molar-refractivity contribution in [2.24, 2.45) is 0 Å². The fourth-order valence-electron chi connectivity index (χ4n) is 2.22. The number of carboxylic acids is 1. The van der Waals surface area contributed by atoms with Gasteiger partial charge in [0, 0.05) is 18.1 Å². The number of carbonyl (C=O) groups is 1. The van der Waals surface area contributed by atoms with Gasteiger partial charge in [-0.2, -0.15) is 0 Å². The maximum atomic E-state index is 10.9. The van der Waals surface area contributed by atoms with Crippen LogP contribution in [0.15, 0.2) is 28.8 Å². The second-order valence-corrected chi connectivity index (χ2v) is 4.85. The van der Waals surface area contributed by atoms with Crippen molar-refractivity contribution in [1.82, 2.24) is 5.16 Å². The van der Waals surface area contributed by atoms with Crippen molar-refractivity contribution in [1.29, 1.82) is 0 Å². The molecule has 2 heterocycles. The summed E-state index contributed by atoms with van der Waals surface area (Å²) < 4.78 is 21.5. The molecule has 0 amide bonds. The molecule has 1 N–H and O–H groups in total. The lowest BCUT2D eigenvalue weighted by molar-refractivity contribution is 0.0686. The first-order chi connectivity index (χ1) is 10.7. The van der Waals surface area contributed by atoms with Gasteiger partial charge in [0.1, 0.15) is 6.10 Å². The average molecular weight is 305 g/mol. The van der Waals surface area contributed by atoms with Crippen molar-refractivity contribution in [2.75, 3.05) is 20.3 Å². The summed E-state index contributed by atoms with van der Waals surface area (Å²) in [5.74, 6) is 0.369. The molecule has 1 fully saturated rings. The highest BCUT2D eigenvalue weighted by molar-refractivity contribution is 5.86. The monoisotopic (exact) mass is 305 g/mol. The molecule has 0 aliphatic carbocycles. The standard InChI is InChI=1S/C15H15NO6/c1-19-12-3-2-9(13-7-11(15(17)18)16-22-13)6-14(12)21-10-4-5-20-8-10/h2-3,6-7,10H,4-5,8H2,1H3,(H,17,18). The number of carboxylic acid groups (broad SMARTS) is 1. The van der Waals surface area contributed by atoms with Gasteiger partial charge in [0.2, 0.25) is 0 Å². The van der Waals surface area contributed by atoms with E-state index in [0.717, 1.165) is 6.42 Å². The van der Waals surface area contributed by atoms with E-state index in [2.05, 4.69) is 5.16 Å². The van der Waals surface area contributed by atoms with Crippen LogP contribution in [-0.2, 0) is 4.74 Å². The number of nitrogens with zero attached hydrogens (tertiary/aromatic N) is 1. The SMILES string of the molecule is COc1ccc(-c2cc(C(=O)O)no2)cc1OC1CCOC1. The molecule has 22 heavy (non-hydrogen) atoms. The van der Waals surface area contributed by atoms with Gasteiger partial charge in [-0.25, -0.2) is 4.79 Å². The van der Waals surface area contributed by atoms with E-state index < -0.39 is 5.97 Å². The molecule has 0 bridgehead atoms. The Kier molecular flexibility index (Phi) is 3.97. The molecule has 1 aliphatic rings. The van der Waals surface area contributed by atoms with E-state index in [1.165, 1.54) is 6.07 Å². The van der Waals surface area contributed by atoms with E-state index >= 15 is 0 Å². The summed E-state index contributed by atoms with van der Waals surface area (Å²) in [5.41, 5.74) is 0.521. The summed E-state index contributed by atoms with van der Waals surface area (Å²) in [6.07, 6.45) is 0.798. The van der Waals surface area contributed by atoms with Gasteiger partial charge in [-0.1, -0.05) is 5.16 Å². The van der Waals surface area contributed by atoms with E-state index in [4.69, 9.17) is 23.8 Å². The first-order valence-corrected chi connectivity index (χ1v) is 6.80. The van der Waals surface area contributed by atoms with Gasteiger partial charge in [0.15, 0.2) is 23.0 Å². The minimum Gasteiger partial charge on any atom is -0.493 e. The van der Waals surface area contributed by atoms with E-state index in [9.17, 15) is 4.79 Å². The number of ether oxygens (including phenoxy) is 3. The minimum absolute atomic E-state index is 0.0199. The minimum atomic E-state index is -1.14. The zero-order valence-corrected chi connectivity index (χ0v) is 11.9. The molecular formula is C15H15NO6. The van der Waals surface area contributed by atoms with Crippen LogP contribution in [0.2, 0.25) is 0 Å². The molecule has 1 aromatic carbocycles. The van der Waals surface area contributed by atoms with Crippen LogP contribution in [0.5, 0.6) is 11.5 Å². The average Bonchev–Trinajstić information content (AvgIpc) is 3.18. The summed E-state index contributed by atoms with van der Waals surface area (Å²) in [5, 5.41) is 12.4. The van der Waals surface area contributed by atoms with Crippen molar-refractivity contribution in [2.45, 2.75) is 12.5 Å². The number of hydrogen-bond acceptors (Lipinski definition) is 6. The molecule has 1 aromatic heterocycles. The number of methoxy groups -OCH3 is 1. The Morgan fingerprint density at radius 2 is 2.23 bits per heavy atom. The van der Waals surface area contributed by atoms with Gasteiger partial charge < -0.3 is 23.8 Å². The maximum Gasteiger partial charge on any atom is 0.358 e. The zero-order chi connectivity index (χ0) is 15.5. The summed E-state index contributed by atoms with van der Waals surface area (Å²) in [4.78, 5) is 10.9. The number of aromatic carboxylic acids is 1. The molecule has 1 aliphatic heterocycles. The van der Waals surface area contributed by atoms with Gasteiger partial charge >= 0.3 is 5.97 Å². The first kappa shape index (κ1) is 14.4. The fourth-order valence-corrected chi connectivity index (χ4v) is 2.22. The topological polar surface area (TPSA) is 91.0 Å². The lowest BCUT2D eigenvalue weighted by atomic mass is 10.1. The van der Waals surface area contributed by atoms with E-state index in [1.54, 1.807) is 25.3 Å². The van der Waals surface area contributed by atoms with E-state index in [0.29, 0.717) is 36.0 Å². The fraction of sp³-hybridized carbons (Fsp3) is 0.333. The Labute approximate surface area is 126 Å². The Morgan fingerprint density at radius 3 is 2.86 bits per heavy atom. The van der Waals surface area contributed by atoms with Crippen LogP contribution in [0.1, 0.15) is 16.9 Å². The second-order valence-electron chi connectivity index (χ2n) is 4.85. The second kappa shape index (κ2) is 6.07. The number of hydrogen-bond donors (Lipinski definition) is 1. The molecule has 1 unspecified atom stereocenters. The normalized spacial score (nSPS) is 17.4. The van der Waals surface area contributed by atoms with Crippen molar-refractivity contribution >= 4 is 5.97 Å². The van der Waals surface area contributed by atoms with E-state index in [1.807, 2.05) is 0 Å². The molecule has 0 spiro atoms. The Morgan fingerprint density at radius 1 is 1.36 bits per heavy atom. The van der Waals surface area contributed by atoms with Crippen LogP contribution >= 0.6 is 0 Å². The third-order valence-electron chi connectivity index (χ3n) is 3.36. The lowest BCUT2D eigenvalue weighted by Gasteiger charge is -2.15. The molecule has 0 radical (unpaired) electrons. The van der Waals surface area contributed by atoms with Gasteiger partial charge in [-0.3, -0.25) is 0 Å². The van der Waals surface area contributed by atoms with Crippen molar-refractivity contribution in [3.05, 3.63) is 30.0 Å². The molecule has 1 saturated heterocycles. The Balaban J connectivity index is 1.89. The van der Waals surface area contributed by atoms with Crippen LogP contribution in [0.3, 0.4) is 0 Å². The largest absolute Gasteiger partial charge is 0.493 e. The third kappa shape index (κ3) is 2.89. The molecule has 7 nitrogen and oxygen atoms in total. The van der Waals surface area contributed by atoms with Gasteiger partial charge in [0.05, 0.1) is 20.3 Å². The third-order valence-corrected chi connectivity index (χ3v) is 3.36. The molecular weight excluding hydrogens is 290 g/mol. The highest BCUT2D eigenvalue weighted by atomic mass is 16.6. The highest BCUT2D eigenvalue weighted by Gasteiger charge is 2.20. The molecule has 0 saturated carbocycles. The smallest absolute Gasteiger partial charge is 0.358 e. The molecule has 116 valence electrons. The van der Waals surface area contributed by atoms with Crippen molar-refractivity contribution in [3.8, 4) is 22.8 Å². The molecule has 2 aromatic rings. The molecule has 3 rings (SSSR count). The van der Waals surface area contributed by atoms with Gasteiger partial charge in [0.25, 0.3) is 0 Å². The predicted molar refractivity (Wildman–Crippen MR) is 75.3 cm³/mol. The molecule has 7 heteroatoms. The van der Waals surface area contributed by atoms with Crippen LogP contribution in [0.4, 0.5) is 0 Å². The number of benzene rings is 1. The zero-order valence-electron chi connectivity index (χ0n) is 11.9. The summed E-state index contributed by atoms with van der Waals surface area (Å²) in [7, 11) is 1.56. The van der Waals surface area contributed by atoms with Crippen LogP contribution < -0.4 is 9.47 Å². The predicted octanol–water partition coefficient (Wildman–Crippen LogP) is 2.22. The van der Waals surface area contributed by atoms with Gasteiger partial charge in [-0.05, 0) is 18.2 Å². The number of rotatable bonds is 5. The van der Waals surface area contributed by atoms with Crippen molar-refractivity contribution in [3.63, 3.8) is 0 Å². The molecule has 1 atom stereocenters. The van der Waals surface area contributed by atoms with Crippen LogP contribution in [0, 0.1) is 0 Å². The highest BCUT2D eigenvalue weighted by Crippen LogP contribution is 2.34. The van der Waals surface area contributed by atoms with E-state index in [-0.39, 0.29) is 11.8 Å². The lowest BCUT2D eigenvalue weighted by Crippen LogP contribution is -2.16. The quantitative estimate of drug-likeness (QED) is 0.905. The van der Waals surface area contributed by atoms with Crippen LogP contribution in [-0.4, -0.2) is 42.7 Å². The first-order valence-electron chi connectivity index (χ1n) is 6.80. The van der Waals surface area contributed by atoms with Gasteiger partial charge in [-0.15, -0.1) is 0 Å². The number of aromatic nitrogens is 1. The maximum absolute atomic E-state index is 10.9. The van der Waals surface area contributed by atoms with Crippen LogP contribution in [0.25, 0.3) is 11.3 Å². The summed E-state index contributed by atoms with van der Waals surface area (Å²) in [6, 6.07) is 6.60. The summed E-state index contributed by atoms with van der Waals surface area (Å²) in [6.45, 7) is 1.22.